The molecule has 1 fully saturated rings. The van der Waals surface area contributed by atoms with Gasteiger partial charge in [0.1, 0.15) is 6.04 Å². The van der Waals surface area contributed by atoms with Gasteiger partial charge in [0.25, 0.3) is 5.91 Å². The van der Waals surface area contributed by atoms with Crippen molar-refractivity contribution in [2.45, 2.75) is 12.6 Å². The van der Waals surface area contributed by atoms with E-state index in [1.165, 1.54) is 11.3 Å². The number of pyridine rings is 1. The molecule has 0 radical (unpaired) electrons. The normalized spacial score (nSPS) is 16.9. The highest BCUT2D eigenvalue weighted by molar-refractivity contribution is 7.20. The quantitative estimate of drug-likeness (QED) is 0.481. The number of nitrogens with one attached hydrogen (secondary N) is 1. The number of benzene rings is 1. The fourth-order valence-corrected chi connectivity index (χ4v) is 5.43. The highest BCUT2D eigenvalue weighted by Gasteiger charge is 2.38. The lowest BCUT2D eigenvalue weighted by Gasteiger charge is -2.40. The lowest BCUT2D eigenvalue weighted by Crippen LogP contribution is -2.59. The summed E-state index contributed by atoms with van der Waals surface area (Å²) in [5.41, 5.74) is 1.91. The predicted molar refractivity (Wildman–Crippen MR) is 125 cm³/mol. The summed E-state index contributed by atoms with van der Waals surface area (Å²) >= 11 is 7.47. The molecule has 0 bridgehead atoms. The lowest BCUT2D eigenvalue weighted by atomic mass is 10.1. The summed E-state index contributed by atoms with van der Waals surface area (Å²) in [4.78, 5) is 38.1. The van der Waals surface area contributed by atoms with E-state index in [1.807, 2.05) is 30.3 Å². The number of thiophene rings is 1. The Morgan fingerprint density at radius 1 is 1.25 bits per heavy atom. The van der Waals surface area contributed by atoms with Gasteiger partial charge in [-0.15, -0.1) is 11.3 Å². The molecule has 0 saturated carbocycles. The van der Waals surface area contributed by atoms with Crippen LogP contribution >= 0.6 is 22.9 Å². The average Bonchev–Trinajstić information content (AvgIpc) is 3.39. The molecule has 164 valence electrons. The first kappa shape index (κ1) is 20.9. The Kier molecular flexibility index (Phi) is 5.58. The molecule has 1 N–H and O–H groups in total. The third-order valence-electron chi connectivity index (χ3n) is 5.70. The van der Waals surface area contributed by atoms with E-state index in [4.69, 9.17) is 16.3 Å². The number of fused-ring (bicyclic) bond motifs is 2. The van der Waals surface area contributed by atoms with E-state index in [2.05, 4.69) is 9.97 Å². The molecule has 4 heterocycles. The molecular formula is C23H21ClN4O3S. The molecule has 1 atom stereocenters. The topological polar surface area (TPSA) is 78.5 Å². The zero-order valence-electron chi connectivity index (χ0n) is 17.4. The molecule has 0 spiro atoms. The number of carbonyl (C=O) groups is 2. The van der Waals surface area contributed by atoms with E-state index < -0.39 is 6.04 Å². The molecule has 1 saturated heterocycles. The van der Waals surface area contributed by atoms with E-state index in [1.54, 1.807) is 35.4 Å². The summed E-state index contributed by atoms with van der Waals surface area (Å²) < 4.78 is 6.26. The van der Waals surface area contributed by atoms with E-state index in [9.17, 15) is 9.59 Å². The number of aromatic nitrogens is 2. The lowest BCUT2D eigenvalue weighted by molar-refractivity contribution is -0.143. The maximum atomic E-state index is 13.3. The summed E-state index contributed by atoms with van der Waals surface area (Å²) in [6, 6.07) is 10.7. The number of hydrogen-bond donors (Lipinski definition) is 1. The molecular weight excluding hydrogens is 448 g/mol. The maximum absolute atomic E-state index is 13.3. The number of amides is 2. The van der Waals surface area contributed by atoms with Crippen LogP contribution in [0.1, 0.15) is 15.4 Å². The largest absolute Gasteiger partial charge is 0.382 e. The Hall–Kier alpha value is -2.94. The number of ether oxygens (including phenoxy) is 1. The minimum absolute atomic E-state index is 0.118. The van der Waals surface area contributed by atoms with Crippen LogP contribution in [0.15, 0.2) is 48.8 Å². The minimum atomic E-state index is -0.666. The van der Waals surface area contributed by atoms with E-state index >= 15 is 0 Å². The van der Waals surface area contributed by atoms with Gasteiger partial charge in [0.15, 0.2) is 0 Å². The number of halogens is 1. The Morgan fingerprint density at radius 2 is 2.12 bits per heavy atom. The van der Waals surface area contributed by atoms with Crippen LogP contribution in [0, 0.1) is 0 Å². The van der Waals surface area contributed by atoms with Crippen molar-refractivity contribution in [1.29, 1.82) is 0 Å². The van der Waals surface area contributed by atoms with Crippen molar-refractivity contribution < 1.29 is 14.3 Å². The van der Waals surface area contributed by atoms with Crippen molar-refractivity contribution in [3.05, 3.63) is 64.4 Å². The first-order chi connectivity index (χ1) is 15.5. The molecule has 1 aromatic carbocycles. The van der Waals surface area contributed by atoms with Gasteiger partial charge in [-0.25, -0.2) is 0 Å². The van der Waals surface area contributed by atoms with E-state index in [0.717, 1.165) is 26.7 Å². The minimum Gasteiger partial charge on any atom is -0.382 e. The highest BCUT2D eigenvalue weighted by Crippen LogP contribution is 2.30. The number of H-pyrrole nitrogens is 1. The number of hydrogen-bond acceptors (Lipinski definition) is 5. The number of carbonyl (C=O) groups excluding carboxylic acids is 2. The molecule has 5 rings (SSSR count). The average molecular weight is 469 g/mol. The van der Waals surface area contributed by atoms with Gasteiger partial charge in [-0.2, -0.15) is 0 Å². The summed E-state index contributed by atoms with van der Waals surface area (Å²) in [6.07, 6.45) is 3.52. The maximum Gasteiger partial charge on any atom is 0.264 e. The van der Waals surface area contributed by atoms with Gasteiger partial charge in [-0.3, -0.25) is 14.6 Å². The second-order valence-corrected chi connectivity index (χ2v) is 9.30. The van der Waals surface area contributed by atoms with Crippen LogP contribution in [0.25, 0.3) is 21.0 Å². The summed E-state index contributed by atoms with van der Waals surface area (Å²) in [7, 11) is 1.54. The zero-order valence-corrected chi connectivity index (χ0v) is 18.9. The van der Waals surface area contributed by atoms with Gasteiger partial charge in [0.05, 0.1) is 18.0 Å². The van der Waals surface area contributed by atoms with Gasteiger partial charge < -0.3 is 19.5 Å². The van der Waals surface area contributed by atoms with Gasteiger partial charge in [-0.1, -0.05) is 17.7 Å². The van der Waals surface area contributed by atoms with Gasteiger partial charge in [0, 0.05) is 58.9 Å². The monoisotopic (exact) mass is 468 g/mol. The number of nitrogens with zero attached hydrogens (tertiary/aromatic N) is 3. The van der Waals surface area contributed by atoms with Gasteiger partial charge in [-0.05, 0) is 35.7 Å². The summed E-state index contributed by atoms with van der Waals surface area (Å²) in [6.45, 7) is 1.48. The zero-order chi connectivity index (χ0) is 22.2. The Labute approximate surface area is 193 Å². The Balaban J connectivity index is 1.37. The second-order valence-electron chi connectivity index (χ2n) is 7.78. The standard InChI is InChI=1S/C23H21ClN4O3S/c1-31-13-19-22(29)27(12-17-8-15-11-25-5-4-18(15)26-17)6-7-28(19)23(30)21-9-14-2-3-16(24)10-20(14)32-21/h2-5,8-11,19,26H,6-7,12-13H2,1H3. The molecule has 3 aromatic heterocycles. The third-order valence-corrected chi connectivity index (χ3v) is 7.02. The summed E-state index contributed by atoms with van der Waals surface area (Å²) in [5.74, 6) is -0.276. The molecule has 0 aliphatic carbocycles. The number of rotatable bonds is 5. The Bertz CT molecular complexity index is 1280. The SMILES string of the molecule is COCC1C(=O)N(Cc2cc3cnccc3[nH]2)CCN1C(=O)c1cc2ccc(Cl)cc2s1. The summed E-state index contributed by atoms with van der Waals surface area (Å²) in [5, 5.41) is 2.60. The van der Waals surface area contributed by atoms with Crippen LogP contribution in [0.2, 0.25) is 5.02 Å². The molecule has 1 aliphatic rings. The van der Waals surface area contributed by atoms with Crippen molar-refractivity contribution in [2.24, 2.45) is 0 Å². The van der Waals surface area contributed by atoms with E-state index in [0.29, 0.717) is 29.5 Å². The van der Waals surface area contributed by atoms with Crippen molar-refractivity contribution in [2.75, 3.05) is 26.8 Å². The van der Waals surface area contributed by atoms with Crippen LogP contribution in [0.4, 0.5) is 0 Å². The number of piperazine rings is 1. The highest BCUT2D eigenvalue weighted by atomic mass is 35.5. The van der Waals surface area contributed by atoms with Gasteiger partial charge in [0.2, 0.25) is 5.91 Å². The first-order valence-electron chi connectivity index (χ1n) is 10.2. The van der Waals surface area contributed by atoms with E-state index in [-0.39, 0.29) is 18.4 Å². The van der Waals surface area contributed by atoms with Crippen molar-refractivity contribution in [1.82, 2.24) is 19.8 Å². The van der Waals surface area contributed by atoms with Crippen LogP contribution < -0.4 is 0 Å². The predicted octanol–water partition coefficient (Wildman–Crippen LogP) is 3.93. The number of methoxy groups -OCH3 is 1. The number of aromatic amines is 1. The van der Waals surface area contributed by atoms with Crippen LogP contribution in [-0.4, -0.2) is 64.4 Å². The molecule has 32 heavy (non-hydrogen) atoms. The second kappa shape index (κ2) is 8.54. The van der Waals surface area contributed by atoms with Crippen molar-refractivity contribution in [3.63, 3.8) is 0 Å². The third kappa shape index (κ3) is 3.85. The molecule has 4 aromatic rings. The molecule has 9 heteroatoms. The fourth-order valence-electron chi connectivity index (χ4n) is 4.13. The smallest absolute Gasteiger partial charge is 0.264 e. The van der Waals surface area contributed by atoms with Crippen LogP contribution in [-0.2, 0) is 16.1 Å². The molecule has 1 unspecified atom stereocenters. The molecule has 1 aliphatic heterocycles. The van der Waals surface area contributed by atoms with Crippen molar-refractivity contribution in [3.8, 4) is 0 Å². The van der Waals surface area contributed by atoms with Crippen LogP contribution in [0.5, 0.6) is 0 Å². The van der Waals surface area contributed by atoms with Crippen LogP contribution in [0.3, 0.4) is 0 Å². The first-order valence-corrected chi connectivity index (χ1v) is 11.4. The molecule has 7 nitrogen and oxygen atoms in total. The fraction of sp³-hybridized carbons (Fsp3) is 0.261. The van der Waals surface area contributed by atoms with Crippen molar-refractivity contribution >= 4 is 55.7 Å². The Morgan fingerprint density at radius 3 is 2.94 bits per heavy atom. The van der Waals surface area contributed by atoms with Gasteiger partial charge >= 0.3 is 0 Å². The molecule has 2 amide bonds.